The van der Waals surface area contributed by atoms with Gasteiger partial charge in [0.2, 0.25) is 0 Å². The fourth-order valence-corrected chi connectivity index (χ4v) is 2.87. The van der Waals surface area contributed by atoms with Crippen molar-refractivity contribution in [3.63, 3.8) is 0 Å². The van der Waals surface area contributed by atoms with Crippen LogP contribution in [0.2, 0.25) is 0 Å². The maximum absolute atomic E-state index is 10.5. The second-order valence-electron chi connectivity index (χ2n) is 5.72. The number of hydrogen-bond donors (Lipinski definition) is 1. The van der Waals surface area contributed by atoms with E-state index < -0.39 is 0 Å². The molecule has 2 atom stereocenters. The maximum Gasteiger partial charge on any atom is 0.0830 e. The van der Waals surface area contributed by atoms with E-state index in [2.05, 4.69) is 37.8 Å². The van der Waals surface area contributed by atoms with Crippen LogP contribution in [-0.2, 0) is 0 Å². The smallest absolute Gasteiger partial charge is 0.0830 e. The normalized spacial score (nSPS) is 20.0. The molecular formula is C16H25NO. The van der Waals surface area contributed by atoms with E-state index in [1.807, 2.05) is 6.07 Å². The van der Waals surface area contributed by atoms with Crippen molar-refractivity contribution >= 4 is 0 Å². The van der Waals surface area contributed by atoms with Crippen molar-refractivity contribution in [2.45, 2.75) is 39.7 Å². The molecule has 2 heteroatoms. The van der Waals surface area contributed by atoms with Gasteiger partial charge in [0, 0.05) is 6.54 Å². The molecule has 100 valence electrons. The van der Waals surface area contributed by atoms with Crippen molar-refractivity contribution in [3.05, 3.63) is 34.9 Å². The summed E-state index contributed by atoms with van der Waals surface area (Å²) in [7, 11) is 0. The number of aliphatic hydroxyl groups is 1. The second kappa shape index (κ2) is 5.85. The van der Waals surface area contributed by atoms with E-state index in [4.69, 9.17) is 0 Å². The van der Waals surface area contributed by atoms with Gasteiger partial charge in [0.25, 0.3) is 0 Å². The van der Waals surface area contributed by atoms with Gasteiger partial charge in [-0.2, -0.15) is 0 Å². The predicted molar refractivity (Wildman–Crippen MR) is 75.7 cm³/mol. The van der Waals surface area contributed by atoms with Crippen LogP contribution < -0.4 is 0 Å². The molecule has 2 unspecified atom stereocenters. The Balaban J connectivity index is 2.05. The number of likely N-dealkylation sites (tertiary alicyclic amines) is 1. The van der Waals surface area contributed by atoms with Gasteiger partial charge < -0.3 is 10.0 Å². The Kier molecular flexibility index (Phi) is 4.41. The van der Waals surface area contributed by atoms with E-state index in [-0.39, 0.29) is 6.10 Å². The Morgan fingerprint density at radius 3 is 2.56 bits per heavy atom. The molecule has 0 saturated carbocycles. The van der Waals surface area contributed by atoms with Gasteiger partial charge in [-0.3, -0.25) is 0 Å². The number of aliphatic hydroxyl groups excluding tert-OH is 1. The molecule has 1 heterocycles. The van der Waals surface area contributed by atoms with Crippen LogP contribution >= 0.6 is 0 Å². The maximum atomic E-state index is 10.5. The predicted octanol–water partition coefficient (Wildman–Crippen LogP) is 3.07. The van der Waals surface area contributed by atoms with Gasteiger partial charge in [-0.05, 0) is 62.4 Å². The third-order valence-corrected chi connectivity index (χ3v) is 4.25. The van der Waals surface area contributed by atoms with E-state index in [1.54, 1.807) is 0 Å². The number of rotatable bonds is 4. The van der Waals surface area contributed by atoms with Gasteiger partial charge in [0.15, 0.2) is 0 Å². The molecular weight excluding hydrogens is 222 g/mol. The first-order valence-corrected chi connectivity index (χ1v) is 7.06. The summed E-state index contributed by atoms with van der Waals surface area (Å²) in [6.07, 6.45) is 2.28. The number of hydrogen-bond acceptors (Lipinski definition) is 2. The minimum absolute atomic E-state index is 0.295. The van der Waals surface area contributed by atoms with Crippen molar-refractivity contribution in [1.29, 1.82) is 0 Å². The number of benzene rings is 1. The Labute approximate surface area is 111 Å². The van der Waals surface area contributed by atoms with Crippen LogP contribution in [0.1, 0.15) is 42.6 Å². The highest BCUT2D eigenvalue weighted by Gasteiger charge is 2.22. The molecule has 0 radical (unpaired) electrons. The van der Waals surface area contributed by atoms with Gasteiger partial charge in [-0.1, -0.05) is 25.1 Å². The number of nitrogens with zero attached hydrogens (tertiary/aromatic N) is 1. The molecule has 0 aliphatic carbocycles. The summed E-state index contributed by atoms with van der Waals surface area (Å²) in [5.74, 6) is 0.295. The standard InChI is InChI=1S/C16H25NO/c1-12-7-6-8-15(14(12)3)16(18)13(2)11-17-9-4-5-10-17/h6-8,13,16,18H,4-5,9-11H2,1-3H3. The van der Waals surface area contributed by atoms with E-state index >= 15 is 0 Å². The molecule has 2 nitrogen and oxygen atoms in total. The zero-order chi connectivity index (χ0) is 13.1. The number of aryl methyl sites for hydroxylation is 1. The molecule has 1 aromatic carbocycles. The molecule has 1 aliphatic heterocycles. The summed E-state index contributed by atoms with van der Waals surface area (Å²) in [5, 5.41) is 10.5. The van der Waals surface area contributed by atoms with Gasteiger partial charge in [0.1, 0.15) is 0 Å². The minimum Gasteiger partial charge on any atom is -0.388 e. The molecule has 0 bridgehead atoms. The monoisotopic (exact) mass is 247 g/mol. The molecule has 18 heavy (non-hydrogen) atoms. The molecule has 0 aromatic heterocycles. The van der Waals surface area contributed by atoms with Crippen LogP contribution in [0.5, 0.6) is 0 Å². The molecule has 2 rings (SSSR count). The highest BCUT2D eigenvalue weighted by atomic mass is 16.3. The van der Waals surface area contributed by atoms with Crippen molar-refractivity contribution in [1.82, 2.24) is 4.90 Å². The summed E-state index contributed by atoms with van der Waals surface area (Å²) in [6.45, 7) is 9.78. The topological polar surface area (TPSA) is 23.5 Å². The average Bonchev–Trinajstić information content (AvgIpc) is 2.84. The minimum atomic E-state index is -0.342. The van der Waals surface area contributed by atoms with Crippen LogP contribution in [-0.4, -0.2) is 29.6 Å². The largest absolute Gasteiger partial charge is 0.388 e. The van der Waals surface area contributed by atoms with Gasteiger partial charge >= 0.3 is 0 Å². The summed E-state index contributed by atoms with van der Waals surface area (Å²) >= 11 is 0. The van der Waals surface area contributed by atoms with E-state index in [1.165, 1.54) is 37.1 Å². The molecule has 1 fully saturated rings. The molecule has 1 N–H and O–H groups in total. The Morgan fingerprint density at radius 2 is 1.89 bits per heavy atom. The van der Waals surface area contributed by atoms with Crippen LogP contribution in [0.25, 0.3) is 0 Å². The second-order valence-corrected chi connectivity index (χ2v) is 5.72. The van der Waals surface area contributed by atoms with Crippen molar-refractivity contribution in [2.75, 3.05) is 19.6 Å². The lowest BCUT2D eigenvalue weighted by molar-refractivity contribution is 0.0940. The summed E-state index contributed by atoms with van der Waals surface area (Å²) in [5.41, 5.74) is 3.60. The zero-order valence-corrected chi connectivity index (χ0v) is 11.8. The summed E-state index contributed by atoms with van der Waals surface area (Å²) in [4.78, 5) is 2.47. The SMILES string of the molecule is Cc1cccc(C(O)C(C)CN2CCCC2)c1C. The fraction of sp³-hybridized carbons (Fsp3) is 0.625. The van der Waals surface area contributed by atoms with Crippen LogP contribution in [0, 0.1) is 19.8 Å². The lowest BCUT2D eigenvalue weighted by atomic mass is 9.92. The van der Waals surface area contributed by atoms with E-state index in [9.17, 15) is 5.11 Å². The first-order chi connectivity index (χ1) is 8.59. The van der Waals surface area contributed by atoms with Gasteiger partial charge in [0.05, 0.1) is 6.10 Å². The van der Waals surface area contributed by atoms with E-state index in [0.29, 0.717) is 5.92 Å². The van der Waals surface area contributed by atoms with Crippen molar-refractivity contribution in [2.24, 2.45) is 5.92 Å². The van der Waals surface area contributed by atoms with Crippen LogP contribution in [0.15, 0.2) is 18.2 Å². The van der Waals surface area contributed by atoms with Crippen molar-refractivity contribution in [3.8, 4) is 0 Å². The molecule has 0 amide bonds. The van der Waals surface area contributed by atoms with Crippen molar-refractivity contribution < 1.29 is 5.11 Å². The Bertz CT molecular complexity index is 396. The zero-order valence-electron chi connectivity index (χ0n) is 11.8. The lowest BCUT2D eigenvalue weighted by Gasteiger charge is -2.26. The van der Waals surface area contributed by atoms with Crippen LogP contribution in [0.4, 0.5) is 0 Å². The van der Waals surface area contributed by atoms with E-state index in [0.717, 1.165) is 12.1 Å². The average molecular weight is 247 g/mol. The summed E-state index contributed by atoms with van der Waals surface area (Å²) in [6, 6.07) is 6.22. The molecule has 1 saturated heterocycles. The first kappa shape index (κ1) is 13.6. The van der Waals surface area contributed by atoms with Gasteiger partial charge in [-0.15, -0.1) is 0 Å². The quantitative estimate of drug-likeness (QED) is 0.884. The Hall–Kier alpha value is -0.860. The Morgan fingerprint density at radius 1 is 1.22 bits per heavy atom. The van der Waals surface area contributed by atoms with Gasteiger partial charge in [-0.25, -0.2) is 0 Å². The summed E-state index contributed by atoms with van der Waals surface area (Å²) < 4.78 is 0. The molecule has 1 aliphatic rings. The fourth-order valence-electron chi connectivity index (χ4n) is 2.87. The first-order valence-electron chi connectivity index (χ1n) is 7.06. The third kappa shape index (κ3) is 2.93. The lowest BCUT2D eigenvalue weighted by Crippen LogP contribution is -2.28. The molecule has 0 spiro atoms. The highest BCUT2D eigenvalue weighted by Crippen LogP contribution is 2.27. The molecule has 1 aromatic rings. The van der Waals surface area contributed by atoms with Crippen LogP contribution in [0.3, 0.4) is 0 Å². The third-order valence-electron chi connectivity index (χ3n) is 4.25. The highest BCUT2D eigenvalue weighted by molar-refractivity contribution is 5.34.